The highest BCUT2D eigenvalue weighted by atomic mass is 19.4. The molecule has 0 bridgehead atoms. The van der Waals surface area contributed by atoms with E-state index in [0.717, 1.165) is 17.7 Å². The van der Waals surface area contributed by atoms with E-state index in [1.807, 2.05) is 0 Å². The van der Waals surface area contributed by atoms with Crippen LogP contribution in [-0.2, 0) is 12.7 Å². The van der Waals surface area contributed by atoms with Crippen LogP contribution in [0.5, 0.6) is 0 Å². The molecule has 0 aromatic carbocycles. The average molecular weight is 397 g/mol. The van der Waals surface area contributed by atoms with E-state index in [9.17, 15) is 31.9 Å². The number of likely N-dealkylation sites (tertiary alicyclic amines) is 1. The lowest BCUT2D eigenvalue weighted by Gasteiger charge is -2.28. The maximum absolute atomic E-state index is 13.5. The van der Waals surface area contributed by atoms with Crippen LogP contribution in [0.25, 0.3) is 0 Å². The molecule has 2 fully saturated rings. The van der Waals surface area contributed by atoms with Crippen molar-refractivity contribution in [3.05, 3.63) is 17.0 Å². The second-order valence-corrected chi connectivity index (χ2v) is 6.99. The van der Waals surface area contributed by atoms with Crippen molar-refractivity contribution >= 4 is 5.91 Å². The molecule has 1 aromatic heterocycles. The van der Waals surface area contributed by atoms with E-state index in [4.69, 9.17) is 5.11 Å². The van der Waals surface area contributed by atoms with Crippen molar-refractivity contribution < 1.29 is 37.0 Å². The molecule has 2 heterocycles. The summed E-state index contributed by atoms with van der Waals surface area (Å²) in [5, 5.41) is 22.2. The van der Waals surface area contributed by atoms with Crippen LogP contribution in [0.1, 0.15) is 47.4 Å². The summed E-state index contributed by atoms with van der Waals surface area (Å²) >= 11 is 0. The minimum atomic E-state index is -5.10. The summed E-state index contributed by atoms with van der Waals surface area (Å²) in [5.74, 6) is -1.49. The zero-order chi connectivity index (χ0) is 19.9. The van der Waals surface area contributed by atoms with Gasteiger partial charge in [0.1, 0.15) is 5.69 Å². The van der Waals surface area contributed by atoms with Gasteiger partial charge in [0.15, 0.2) is 5.69 Å². The molecule has 27 heavy (non-hydrogen) atoms. The van der Waals surface area contributed by atoms with Gasteiger partial charge in [-0.05, 0) is 18.8 Å². The van der Waals surface area contributed by atoms with Gasteiger partial charge in [-0.1, -0.05) is 6.42 Å². The number of hydrogen-bond donors (Lipinski definition) is 2. The Morgan fingerprint density at radius 2 is 1.96 bits per heavy atom. The maximum atomic E-state index is 13.5. The van der Waals surface area contributed by atoms with Crippen LogP contribution in [0.2, 0.25) is 0 Å². The van der Waals surface area contributed by atoms with Crippen LogP contribution in [0.15, 0.2) is 0 Å². The Kier molecular flexibility index (Phi) is 5.44. The molecule has 0 radical (unpaired) electrons. The van der Waals surface area contributed by atoms with Gasteiger partial charge in [-0.2, -0.15) is 18.3 Å². The molecular formula is C16H20F5N3O3. The normalized spacial score (nSPS) is 25.9. The predicted molar refractivity (Wildman–Crippen MR) is 82.0 cm³/mol. The van der Waals surface area contributed by atoms with Gasteiger partial charge < -0.3 is 15.1 Å². The van der Waals surface area contributed by atoms with Gasteiger partial charge in [0, 0.05) is 19.0 Å². The fraction of sp³-hybridized carbons (Fsp3) is 0.750. The molecule has 0 spiro atoms. The number of alkyl halides is 5. The first-order valence-corrected chi connectivity index (χ1v) is 8.69. The number of nitrogens with zero attached hydrogens (tertiary/aromatic N) is 3. The average Bonchev–Trinajstić information content (AvgIpc) is 3.16. The number of halogens is 5. The molecule has 1 aliphatic carbocycles. The van der Waals surface area contributed by atoms with E-state index in [0.29, 0.717) is 11.1 Å². The SMILES string of the molecule is O=C(c1c(C(F)(F)F)nn(CCO)c1C(F)F)N1CC2CCCC(O)C2C1. The third-order valence-electron chi connectivity index (χ3n) is 5.34. The highest BCUT2D eigenvalue weighted by molar-refractivity contribution is 5.97. The highest BCUT2D eigenvalue weighted by Crippen LogP contribution is 2.40. The molecule has 6 nitrogen and oxygen atoms in total. The summed E-state index contributed by atoms with van der Waals surface area (Å²) in [6.07, 6.45) is -7.10. The van der Waals surface area contributed by atoms with Gasteiger partial charge in [-0.3, -0.25) is 9.48 Å². The molecule has 3 unspecified atom stereocenters. The molecule has 11 heteroatoms. The van der Waals surface area contributed by atoms with Crippen LogP contribution in [0.3, 0.4) is 0 Å². The second-order valence-electron chi connectivity index (χ2n) is 6.99. The maximum Gasteiger partial charge on any atom is 0.435 e. The van der Waals surface area contributed by atoms with Crippen molar-refractivity contribution in [3.8, 4) is 0 Å². The third-order valence-corrected chi connectivity index (χ3v) is 5.34. The Balaban J connectivity index is 2.00. The first kappa shape index (κ1) is 20.0. The van der Waals surface area contributed by atoms with Crippen LogP contribution >= 0.6 is 0 Å². The topological polar surface area (TPSA) is 78.6 Å². The van der Waals surface area contributed by atoms with E-state index in [1.165, 1.54) is 0 Å². The minimum Gasteiger partial charge on any atom is -0.394 e. The van der Waals surface area contributed by atoms with E-state index >= 15 is 0 Å². The molecule has 2 aliphatic rings. The van der Waals surface area contributed by atoms with Gasteiger partial charge in [0.2, 0.25) is 0 Å². The number of amides is 1. The molecule has 3 rings (SSSR count). The summed E-state index contributed by atoms with van der Waals surface area (Å²) in [5.41, 5.74) is -3.98. The lowest BCUT2D eigenvalue weighted by Crippen LogP contribution is -2.33. The van der Waals surface area contributed by atoms with E-state index in [-0.39, 0.29) is 24.9 Å². The van der Waals surface area contributed by atoms with Crippen molar-refractivity contribution in [2.75, 3.05) is 19.7 Å². The number of hydrogen-bond acceptors (Lipinski definition) is 4. The number of aliphatic hydroxyl groups excluding tert-OH is 2. The third kappa shape index (κ3) is 3.66. The van der Waals surface area contributed by atoms with Crippen molar-refractivity contribution in [2.24, 2.45) is 11.8 Å². The summed E-state index contributed by atoms with van der Waals surface area (Å²) in [4.78, 5) is 13.9. The Morgan fingerprint density at radius 1 is 1.26 bits per heavy atom. The summed E-state index contributed by atoms with van der Waals surface area (Å²) < 4.78 is 67.4. The monoisotopic (exact) mass is 397 g/mol. The van der Waals surface area contributed by atoms with Gasteiger partial charge >= 0.3 is 6.18 Å². The number of carbonyl (C=O) groups is 1. The van der Waals surface area contributed by atoms with Gasteiger partial charge in [-0.15, -0.1) is 0 Å². The standard InChI is InChI=1S/C16H20F5N3O3/c17-14(18)12-11(13(16(19,20)21)22-24(12)4-5-25)15(27)23-6-8-2-1-3-10(26)9(8)7-23/h8-10,14,25-26H,1-7H2. The minimum absolute atomic E-state index is 0.0236. The molecule has 1 saturated carbocycles. The van der Waals surface area contributed by atoms with Crippen molar-refractivity contribution in [3.63, 3.8) is 0 Å². The molecule has 1 saturated heterocycles. The van der Waals surface area contributed by atoms with Gasteiger partial charge in [-0.25, -0.2) is 8.78 Å². The van der Waals surface area contributed by atoms with Crippen LogP contribution in [0.4, 0.5) is 22.0 Å². The Hall–Kier alpha value is -1.75. The van der Waals surface area contributed by atoms with Crippen molar-refractivity contribution in [1.82, 2.24) is 14.7 Å². The van der Waals surface area contributed by atoms with Crippen molar-refractivity contribution in [1.29, 1.82) is 0 Å². The number of rotatable bonds is 4. The van der Waals surface area contributed by atoms with Crippen LogP contribution in [-0.4, -0.2) is 56.6 Å². The summed E-state index contributed by atoms with van der Waals surface area (Å²) in [6, 6.07) is 0. The predicted octanol–water partition coefficient (Wildman–Crippen LogP) is 2.06. The number of carbonyl (C=O) groups excluding carboxylic acids is 1. The molecule has 1 aromatic rings. The molecule has 152 valence electrons. The first-order chi connectivity index (χ1) is 12.6. The van der Waals surface area contributed by atoms with E-state index in [1.54, 1.807) is 0 Å². The fourth-order valence-corrected chi connectivity index (χ4v) is 4.14. The molecule has 3 atom stereocenters. The van der Waals surface area contributed by atoms with Gasteiger partial charge in [0.25, 0.3) is 12.3 Å². The van der Waals surface area contributed by atoms with Crippen LogP contribution < -0.4 is 0 Å². The quantitative estimate of drug-likeness (QED) is 0.763. The largest absolute Gasteiger partial charge is 0.435 e. The lowest BCUT2D eigenvalue weighted by molar-refractivity contribution is -0.141. The van der Waals surface area contributed by atoms with Crippen LogP contribution in [0, 0.1) is 11.8 Å². The summed E-state index contributed by atoms with van der Waals surface area (Å²) in [7, 11) is 0. The number of fused-ring (bicyclic) bond motifs is 1. The zero-order valence-electron chi connectivity index (χ0n) is 14.3. The lowest BCUT2D eigenvalue weighted by atomic mass is 9.80. The fourth-order valence-electron chi connectivity index (χ4n) is 4.14. The van der Waals surface area contributed by atoms with Gasteiger partial charge in [0.05, 0.1) is 24.8 Å². The molecule has 2 N–H and O–H groups in total. The Morgan fingerprint density at radius 3 is 2.52 bits per heavy atom. The smallest absolute Gasteiger partial charge is 0.394 e. The Labute approximate surface area is 151 Å². The number of aliphatic hydroxyl groups is 2. The zero-order valence-corrected chi connectivity index (χ0v) is 14.3. The second kappa shape index (κ2) is 7.34. The molecule has 1 aliphatic heterocycles. The Bertz CT molecular complexity index is 706. The summed E-state index contributed by atoms with van der Waals surface area (Å²) in [6.45, 7) is -1.14. The first-order valence-electron chi connectivity index (χ1n) is 8.69. The van der Waals surface area contributed by atoms with E-state index < -0.39 is 54.7 Å². The van der Waals surface area contributed by atoms with Crippen molar-refractivity contribution in [2.45, 2.75) is 44.5 Å². The molecule has 1 amide bonds. The van der Waals surface area contributed by atoms with E-state index in [2.05, 4.69) is 5.10 Å². The number of aromatic nitrogens is 2. The molecular weight excluding hydrogens is 377 g/mol. The highest BCUT2D eigenvalue weighted by Gasteiger charge is 2.47.